The molecule has 1 aliphatic rings. The number of hydrogen-bond acceptors (Lipinski definition) is 3. The first-order chi connectivity index (χ1) is 8.20. The van der Waals surface area contributed by atoms with E-state index in [1.165, 1.54) is 0 Å². The van der Waals surface area contributed by atoms with E-state index >= 15 is 0 Å². The lowest BCUT2D eigenvalue weighted by molar-refractivity contribution is 0.0788. The first kappa shape index (κ1) is 11.9. The number of pyridine rings is 1. The highest BCUT2D eigenvalue weighted by atomic mass is 16.2. The van der Waals surface area contributed by atoms with Crippen LogP contribution in [0.5, 0.6) is 0 Å². The van der Waals surface area contributed by atoms with Crippen LogP contribution in [-0.4, -0.2) is 35.4 Å². The van der Waals surface area contributed by atoms with Crippen molar-refractivity contribution >= 4 is 11.7 Å². The van der Waals surface area contributed by atoms with E-state index < -0.39 is 0 Å². The molecule has 1 saturated heterocycles. The zero-order chi connectivity index (χ0) is 12.3. The van der Waals surface area contributed by atoms with Crippen LogP contribution in [0.2, 0.25) is 0 Å². The van der Waals surface area contributed by atoms with Crippen molar-refractivity contribution < 1.29 is 4.79 Å². The molecule has 1 aliphatic heterocycles. The minimum Gasteiger partial charge on any atom is -0.370 e. The summed E-state index contributed by atoms with van der Waals surface area (Å²) in [5, 5.41) is 3.12. The number of rotatable bonds is 3. The molecule has 0 aromatic carbocycles. The van der Waals surface area contributed by atoms with E-state index in [-0.39, 0.29) is 5.91 Å². The van der Waals surface area contributed by atoms with Gasteiger partial charge in [0.1, 0.15) is 5.82 Å². The fourth-order valence-corrected chi connectivity index (χ4v) is 2.14. The van der Waals surface area contributed by atoms with Gasteiger partial charge in [-0.2, -0.15) is 0 Å². The number of nitrogens with zero attached hydrogens (tertiary/aromatic N) is 2. The second-order valence-electron chi connectivity index (χ2n) is 4.61. The summed E-state index contributed by atoms with van der Waals surface area (Å²) in [6.45, 7) is 6.75. The Morgan fingerprint density at radius 3 is 3.12 bits per heavy atom. The largest absolute Gasteiger partial charge is 0.370 e. The molecule has 0 bridgehead atoms. The van der Waals surface area contributed by atoms with Crippen molar-refractivity contribution in [2.45, 2.75) is 20.3 Å². The number of anilines is 1. The molecular weight excluding hydrogens is 214 g/mol. The van der Waals surface area contributed by atoms with Crippen LogP contribution in [0.15, 0.2) is 18.3 Å². The lowest BCUT2D eigenvalue weighted by Crippen LogP contribution is -2.28. The van der Waals surface area contributed by atoms with Gasteiger partial charge in [0.15, 0.2) is 0 Å². The van der Waals surface area contributed by atoms with Gasteiger partial charge >= 0.3 is 0 Å². The molecule has 4 heteroatoms. The predicted octanol–water partition coefficient (Wildman–Crippen LogP) is 2.00. The topological polar surface area (TPSA) is 45.2 Å². The molecule has 2 rings (SSSR count). The normalized spacial score (nSPS) is 19.4. The van der Waals surface area contributed by atoms with Crippen LogP contribution in [0, 0.1) is 5.92 Å². The van der Waals surface area contributed by atoms with Gasteiger partial charge in [-0.05, 0) is 31.4 Å². The van der Waals surface area contributed by atoms with Gasteiger partial charge in [-0.3, -0.25) is 4.79 Å². The number of aromatic nitrogens is 1. The van der Waals surface area contributed by atoms with E-state index in [1.807, 2.05) is 17.9 Å². The predicted molar refractivity (Wildman–Crippen MR) is 68.1 cm³/mol. The van der Waals surface area contributed by atoms with E-state index in [1.54, 1.807) is 12.3 Å². The Kier molecular flexibility index (Phi) is 3.61. The molecule has 4 nitrogen and oxygen atoms in total. The molecule has 0 saturated carbocycles. The number of nitrogens with one attached hydrogen (secondary N) is 1. The van der Waals surface area contributed by atoms with Gasteiger partial charge in [0.2, 0.25) is 0 Å². The third kappa shape index (κ3) is 2.75. The Balaban J connectivity index is 2.10. The van der Waals surface area contributed by atoms with Crippen LogP contribution in [0.4, 0.5) is 5.82 Å². The van der Waals surface area contributed by atoms with Crippen LogP contribution in [-0.2, 0) is 0 Å². The minimum absolute atomic E-state index is 0.121. The van der Waals surface area contributed by atoms with Crippen molar-refractivity contribution in [3.63, 3.8) is 0 Å². The Morgan fingerprint density at radius 2 is 2.47 bits per heavy atom. The lowest BCUT2D eigenvalue weighted by atomic mass is 10.2. The van der Waals surface area contributed by atoms with Crippen molar-refractivity contribution in [1.29, 1.82) is 0 Å². The fourth-order valence-electron chi connectivity index (χ4n) is 2.14. The number of carbonyl (C=O) groups excluding carboxylic acids is 1. The standard InChI is InChI=1S/C13H19N3O/c1-3-14-12-8-11(4-6-15-12)13(17)16-7-5-10(2)9-16/h4,6,8,10H,3,5,7,9H2,1-2H3,(H,14,15). The highest BCUT2D eigenvalue weighted by Gasteiger charge is 2.24. The van der Waals surface area contributed by atoms with Gasteiger partial charge in [-0.25, -0.2) is 4.98 Å². The maximum Gasteiger partial charge on any atom is 0.254 e. The Bertz CT molecular complexity index is 405. The zero-order valence-corrected chi connectivity index (χ0v) is 10.4. The van der Waals surface area contributed by atoms with Gasteiger partial charge in [0, 0.05) is 31.4 Å². The second-order valence-corrected chi connectivity index (χ2v) is 4.61. The molecule has 1 N–H and O–H groups in total. The van der Waals surface area contributed by atoms with Crippen molar-refractivity contribution in [2.75, 3.05) is 25.0 Å². The first-order valence-corrected chi connectivity index (χ1v) is 6.20. The van der Waals surface area contributed by atoms with Crippen LogP contribution in [0.1, 0.15) is 30.6 Å². The molecule has 1 aromatic rings. The molecule has 1 amide bonds. The molecule has 1 atom stereocenters. The molecule has 0 spiro atoms. The SMILES string of the molecule is CCNc1cc(C(=O)N2CCC(C)C2)ccn1. The van der Waals surface area contributed by atoms with Gasteiger partial charge in [-0.1, -0.05) is 6.92 Å². The van der Waals surface area contributed by atoms with E-state index in [9.17, 15) is 4.79 Å². The smallest absolute Gasteiger partial charge is 0.254 e. The summed E-state index contributed by atoms with van der Waals surface area (Å²) in [5.41, 5.74) is 0.727. The molecule has 17 heavy (non-hydrogen) atoms. The second kappa shape index (κ2) is 5.17. The molecule has 1 fully saturated rings. The molecule has 1 aromatic heterocycles. The molecule has 0 radical (unpaired) electrons. The summed E-state index contributed by atoms with van der Waals surface area (Å²) in [6.07, 6.45) is 2.79. The minimum atomic E-state index is 0.121. The summed E-state index contributed by atoms with van der Waals surface area (Å²) >= 11 is 0. The molecule has 1 unspecified atom stereocenters. The van der Waals surface area contributed by atoms with Crippen molar-refractivity contribution in [1.82, 2.24) is 9.88 Å². The zero-order valence-electron chi connectivity index (χ0n) is 10.4. The van der Waals surface area contributed by atoms with Crippen LogP contribution >= 0.6 is 0 Å². The lowest BCUT2D eigenvalue weighted by Gasteiger charge is -2.16. The quantitative estimate of drug-likeness (QED) is 0.868. The summed E-state index contributed by atoms with van der Waals surface area (Å²) in [5.74, 6) is 1.51. The van der Waals surface area contributed by atoms with Crippen molar-refractivity contribution in [3.05, 3.63) is 23.9 Å². The molecule has 2 heterocycles. The van der Waals surface area contributed by atoms with E-state index in [2.05, 4.69) is 17.2 Å². The summed E-state index contributed by atoms with van der Waals surface area (Å²) in [4.78, 5) is 18.3. The molecule has 92 valence electrons. The molecule has 0 aliphatic carbocycles. The Hall–Kier alpha value is -1.58. The maximum atomic E-state index is 12.2. The third-order valence-electron chi connectivity index (χ3n) is 3.08. The van der Waals surface area contributed by atoms with Gasteiger partial charge in [0.05, 0.1) is 0 Å². The monoisotopic (exact) mass is 233 g/mol. The number of hydrogen-bond donors (Lipinski definition) is 1. The summed E-state index contributed by atoms with van der Waals surface area (Å²) in [7, 11) is 0. The van der Waals surface area contributed by atoms with Crippen LogP contribution < -0.4 is 5.32 Å². The average molecular weight is 233 g/mol. The fraction of sp³-hybridized carbons (Fsp3) is 0.538. The Labute approximate surface area is 102 Å². The van der Waals surface area contributed by atoms with E-state index in [0.717, 1.165) is 37.4 Å². The van der Waals surface area contributed by atoms with E-state index in [4.69, 9.17) is 0 Å². The Morgan fingerprint density at radius 1 is 1.65 bits per heavy atom. The van der Waals surface area contributed by atoms with Crippen molar-refractivity contribution in [2.24, 2.45) is 5.92 Å². The number of amides is 1. The summed E-state index contributed by atoms with van der Waals surface area (Å²) in [6, 6.07) is 3.61. The van der Waals surface area contributed by atoms with Crippen molar-refractivity contribution in [3.8, 4) is 0 Å². The van der Waals surface area contributed by atoms with E-state index in [0.29, 0.717) is 5.92 Å². The van der Waals surface area contributed by atoms with Crippen LogP contribution in [0.3, 0.4) is 0 Å². The number of likely N-dealkylation sites (tertiary alicyclic amines) is 1. The average Bonchev–Trinajstić information content (AvgIpc) is 2.76. The number of carbonyl (C=O) groups is 1. The summed E-state index contributed by atoms with van der Waals surface area (Å²) < 4.78 is 0. The highest BCUT2D eigenvalue weighted by Crippen LogP contribution is 2.18. The first-order valence-electron chi connectivity index (χ1n) is 6.20. The van der Waals surface area contributed by atoms with Crippen LogP contribution in [0.25, 0.3) is 0 Å². The van der Waals surface area contributed by atoms with Gasteiger partial charge in [0.25, 0.3) is 5.91 Å². The van der Waals surface area contributed by atoms with Gasteiger partial charge in [-0.15, -0.1) is 0 Å². The third-order valence-corrected chi connectivity index (χ3v) is 3.08. The van der Waals surface area contributed by atoms with Gasteiger partial charge < -0.3 is 10.2 Å². The highest BCUT2D eigenvalue weighted by molar-refractivity contribution is 5.95. The molecular formula is C13H19N3O. The maximum absolute atomic E-state index is 12.2.